The summed E-state index contributed by atoms with van der Waals surface area (Å²) in [5, 5.41) is -0.846. The van der Waals surface area contributed by atoms with Gasteiger partial charge in [-0.3, -0.25) is 4.79 Å². The number of thioether (sulfide) groups is 1. The molecule has 2 aliphatic heterocycles. The Bertz CT molecular complexity index is 906. The first kappa shape index (κ1) is 20.6. The summed E-state index contributed by atoms with van der Waals surface area (Å²) in [5.41, 5.74) is 1.12. The summed E-state index contributed by atoms with van der Waals surface area (Å²) in [4.78, 5) is 15.2. The van der Waals surface area contributed by atoms with Crippen LogP contribution in [0.2, 0.25) is 0 Å². The van der Waals surface area contributed by atoms with Gasteiger partial charge in [0.05, 0.1) is 22.5 Å². The number of rotatable bonds is 5. The molecule has 1 amide bonds. The summed E-state index contributed by atoms with van der Waals surface area (Å²) in [7, 11) is -6.88. The summed E-state index contributed by atoms with van der Waals surface area (Å²) >= 11 is 1.49. The van der Waals surface area contributed by atoms with Gasteiger partial charge in [-0.1, -0.05) is 18.2 Å². The number of hydrogen-bond donors (Lipinski definition) is 0. The number of sulfonamides is 1. The first-order chi connectivity index (χ1) is 12.7. The molecule has 2 saturated heterocycles. The molecule has 150 valence electrons. The molecule has 0 spiro atoms. The van der Waals surface area contributed by atoms with Crippen molar-refractivity contribution in [3.63, 3.8) is 0 Å². The molecule has 0 bridgehead atoms. The lowest BCUT2D eigenvalue weighted by Crippen LogP contribution is -2.53. The lowest BCUT2D eigenvalue weighted by Gasteiger charge is -2.35. The van der Waals surface area contributed by atoms with Crippen LogP contribution < -0.4 is 0 Å². The third kappa shape index (κ3) is 4.85. The quantitative estimate of drug-likeness (QED) is 0.638. The minimum absolute atomic E-state index is 0.0104. The summed E-state index contributed by atoms with van der Waals surface area (Å²) < 4.78 is 49.8. The maximum Gasteiger partial charge on any atom is 0.233 e. The van der Waals surface area contributed by atoms with Crippen molar-refractivity contribution in [3.05, 3.63) is 29.8 Å². The smallest absolute Gasteiger partial charge is 0.233 e. The van der Waals surface area contributed by atoms with Crippen LogP contribution in [-0.2, 0) is 24.7 Å². The largest absolute Gasteiger partial charge is 0.339 e. The monoisotopic (exact) mass is 432 g/mol. The number of aryl methyl sites for hydroxylation is 1. The lowest BCUT2D eigenvalue weighted by atomic mass is 10.2. The van der Waals surface area contributed by atoms with Crippen LogP contribution in [0.15, 0.2) is 29.2 Å². The number of carbonyl (C=O) groups is 1. The standard InChI is InChI=1S/C17H24N2O5S3/c1-14-4-2-3-5-16(14)25-12-17(20)18-7-9-19(10-8-18)27(23,24)15-6-11-26(21,22)13-15/h2-5,15H,6-13H2,1H3. The van der Waals surface area contributed by atoms with Gasteiger partial charge in [-0.15, -0.1) is 11.8 Å². The Morgan fingerprint density at radius 1 is 1.19 bits per heavy atom. The fourth-order valence-electron chi connectivity index (χ4n) is 3.35. The molecule has 10 heteroatoms. The second kappa shape index (κ2) is 8.10. The van der Waals surface area contributed by atoms with Crippen molar-refractivity contribution in [2.24, 2.45) is 0 Å². The summed E-state index contributed by atoms with van der Waals surface area (Å²) in [6.07, 6.45) is 0.164. The van der Waals surface area contributed by atoms with Crippen molar-refractivity contribution < 1.29 is 21.6 Å². The number of amides is 1. The lowest BCUT2D eigenvalue weighted by molar-refractivity contribution is -0.129. The highest BCUT2D eigenvalue weighted by atomic mass is 32.2. The third-order valence-electron chi connectivity index (χ3n) is 5.01. The number of benzene rings is 1. The van der Waals surface area contributed by atoms with Crippen molar-refractivity contribution in [3.8, 4) is 0 Å². The van der Waals surface area contributed by atoms with E-state index in [1.165, 1.54) is 16.1 Å². The molecule has 0 aliphatic carbocycles. The van der Waals surface area contributed by atoms with Crippen molar-refractivity contribution in [1.82, 2.24) is 9.21 Å². The average Bonchev–Trinajstić information content (AvgIpc) is 3.01. The predicted molar refractivity (Wildman–Crippen MR) is 106 cm³/mol. The highest BCUT2D eigenvalue weighted by molar-refractivity contribution is 8.00. The van der Waals surface area contributed by atoms with Gasteiger partial charge in [0.25, 0.3) is 0 Å². The molecule has 0 saturated carbocycles. The van der Waals surface area contributed by atoms with E-state index in [4.69, 9.17) is 0 Å². The second-order valence-corrected chi connectivity index (χ2v) is 12.4. The number of piperazine rings is 1. The van der Waals surface area contributed by atoms with E-state index >= 15 is 0 Å². The first-order valence-corrected chi connectivity index (χ1v) is 13.2. The van der Waals surface area contributed by atoms with Gasteiger partial charge in [0.1, 0.15) is 0 Å². The molecule has 0 aromatic heterocycles. The molecule has 7 nitrogen and oxygen atoms in total. The maximum absolute atomic E-state index is 12.7. The van der Waals surface area contributed by atoms with Crippen LogP contribution in [0.3, 0.4) is 0 Å². The van der Waals surface area contributed by atoms with Crippen LogP contribution >= 0.6 is 11.8 Å². The van der Waals surface area contributed by atoms with Crippen molar-refractivity contribution in [1.29, 1.82) is 0 Å². The van der Waals surface area contributed by atoms with Gasteiger partial charge in [0, 0.05) is 31.1 Å². The van der Waals surface area contributed by atoms with Crippen LogP contribution in [0, 0.1) is 6.92 Å². The van der Waals surface area contributed by atoms with E-state index in [0.29, 0.717) is 18.8 Å². The molecular weight excluding hydrogens is 408 g/mol. The SMILES string of the molecule is Cc1ccccc1SCC(=O)N1CCN(S(=O)(=O)C2CCS(=O)(=O)C2)CC1. The van der Waals surface area contributed by atoms with Crippen LogP contribution in [0.25, 0.3) is 0 Å². The Morgan fingerprint density at radius 2 is 1.85 bits per heavy atom. The van der Waals surface area contributed by atoms with E-state index in [-0.39, 0.29) is 36.9 Å². The third-order valence-corrected chi connectivity index (χ3v) is 10.5. The summed E-state index contributed by atoms with van der Waals surface area (Å²) in [6, 6.07) is 7.87. The fourth-order valence-corrected chi connectivity index (χ4v) is 8.79. The van der Waals surface area contributed by atoms with Crippen molar-refractivity contribution in [2.45, 2.75) is 23.5 Å². The zero-order chi connectivity index (χ0) is 19.7. The van der Waals surface area contributed by atoms with Gasteiger partial charge in [0.2, 0.25) is 15.9 Å². The minimum Gasteiger partial charge on any atom is -0.339 e. The number of nitrogens with zero attached hydrogens (tertiary/aromatic N) is 2. The second-order valence-electron chi connectivity index (χ2n) is 6.90. The van der Waals surface area contributed by atoms with Crippen LogP contribution in [0.1, 0.15) is 12.0 Å². The Kier molecular flexibility index (Phi) is 6.19. The highest BCUT2D eigenvalue weighted by Gasteiger charge is 2.41. The molecule has 1 unspecified atom stereocenters. The molecule has 1 aromatic rings. The van der Waals surface area contributed by atoms with Gasteiger partial charge in [-0.05, 0) is 25.0 Å². The number of sulfone groups is 1. The van der Waals surface area contributed by atoms with Gasteiger partial charge in [0.15, 0.2) is 9.84 Å². The van der Waals surface area contributed by atoms with E-state index < -0.39 is 25.1 Å². The van der Waals surface area contributed by atoms with E-state index in [9.17, 15) is 21.6 Å². The van der Waals surface area contributed by atoms with Crippen molar-refractivity contribution in [2.75, 3.05) is 43.4 Å². The molecule has 2 aliphatic rings. The molecule has 1 atom stereocenters. The minimum atomic E-state index is -3.63. The molecule has 0 radical (unpaired) electrons. The first-order valence-electron chi connectivity index (χ1n) is 8.85. The van der Waals surface area contributed by atoms with Crippen LogP contribution in [-0.4, -0.2) is 80.6 Å². The normalized spacial score (nSPS) is 23.4. The molecule has 1 aromatic carbocycles. The molecule has 0 N–H and O–H groups in total. The summed E-state index contributed by atoms with van der Waals surface area (Å²) in [6.45, 7) is 3.12. The Labute approximate surface area is 165 Å². The summed E-state index contributed by atoms with van der Waals surface area (Å²) in [5.74, 6) is -0.0466. The van der Waals surface area contributed by atoms with Gasteiger partial charge in [-0.2, -0.15) is 4.31 Å². The van der Waals surface area contributed by atoms with E-state index in [1.54, 1.807) is 4.90 Å². The predicted octanol–water partition coefficient (Wildman–Crippen LogP) is 0.748. The molecule has 2 fully saturated rings. The molecule has 2 heterocycles. The Morgan fingerprint density at radius 3 is 2.44 bits per heavy atom. The average molecular weight is 433 g/mol. The van der Waals surface area contributed by atoms with Crippen LogP contribution in [0.4, 0.5) is 0 Å². The van der Waals surface area contributed by atoms with E-state index in [0.717, 1.165) is 10.5 Å². The molecule has 27 heavy (non-hydrogen) atoms. The number of hydrogen-bond acceptors (Lipinski definition) is 6. The van der Waals surface area contributed by atoms with Crippen LogP contribution in [0.5, 0.6) is 0 Å². The van der Waals surface area contributed by atoms with Gasteiger partial charge < -0.3 is 4.90 Å². The van der Waals surface area contributed by atoms with E-state index in [1.807, 2.05) is 31.2 Å². The highest BCUT2D eigenvalue weighted by Crippen LogP contribution is 2.24. The molecule has 3 rings (SSSR count). The van der Waals surface area contributed by atoms with Crippen molar-refractivity contribution >= 4 is 37.5 Å². The van der Waals surface area contributed by atoms with Gasteiger partial charge >= 0.3 is 0 Å². The number of carbonyl (C=O) groups excluding carboxylic acids is 1. The molecular formula is C17H24N2O5S3. The Hall–Kier alpha value is -1.10. The topological polar surface area (TPSA) is 91.8 Å². The van der Waals surface area contributed by atoms with Gasteiger partial charge in [-0.25, -0.2) is 16.8 Å². The Balaban J connectivity index is 1.52. The fraction of sp³-hybridized carbons (Fsp3) is 0.588. The maximum atomic E-state index is 12.7. The zero-order valence-electron chi connectivity index (χ0n) is 15.2. The zero-order valence-corrected chi connectivity index (χ0v) is 17.7. The van der Waals surface area contributed by atoms with E-state index in [2.05, 4.69) is 0 Å².